The Morgan fingerprint density at radius 3 is 2.73 bits per heavy atom. The number of carbonyl (C=O) groups is 1. The molecule has 2 heterocycles. The molecule has 2 fully saturated rings. The van der Waals surface area contributed by atoms with Crippen LogP contribution in [0.4, 0.5) is 9.18 Å². The number of nitrogens with zero attached hydrogens (tertiary/aromatic N) is 2. The van der Waals surface area contributed by atoms with Crippen molar-refractivity contribution in [1.29, 1.82) is 0 Å². The van der Waals surface area contributed by atoms with Gasteiger partial charge in [-0.25, -0.2) is 14.2 Å². The van der Waals surface area contributed by atoms with Crippen LogP contribution in [0.25, 0.3) is 0 Å². The number of hydrogen-bond acceptors (Lipinski definition) is 4. The predicted octanol–water partition coefficient (Wildman–Crippen LogP) is 3.00. The van der Waals surface area contributed by atoms with Crippen molar-refractivity contribution in [2.24, 2.45) is 5.92 Å². The van der Waals surface area contributed by atoms with Gasteiger partial charge in [0.1, 0.15) is 17.5 Å². The molecular formula is C16H21FN2O3. The molecule has 1 aliphatic carbocycles. The van der Waals surface area contributed by atoms with Crippen LogP contribution in [0.15, 0.2) is 18.3 Å². The maximum Gasteiger partial charge on any atom is 0.410 e. The average molecular weight is 308 g/mol. The Labute approximate surface area is 129 Å². The highest BCUT2D eigenvalue weighted by atomic mass is 19.1. The van der Waals surface area contributed by atoms with E-state index in [0.29, 0.717) is 11.8 Å². The quantitative estimate of drug-likeness (QED) is 0.843. The van der Waals surface area contributed by atoms with Crippen LogP contribution < -0.4 is 4.74 Å². The van der Waals surface area contributed by atoms with Crippen LogP contribution in [0.5, 0.6) is 5.88 Å². The summed E-state index contributed by atoms with van der Waals surface area (Å²) in [4.78, 5) is 18.0. The van der Waals surface area contributed by atoms with E-state index in [1.807, 2.05) is 20.8 Å². The van der Waals surface area contributed by atoms with E-state index in [2.05, 4.69) is 4.98 Å². The molecule has 3 atom stereocenters. The maximum atomic E-state index is 12.9. The van der Waals surface area contributed by atoms with Crippen molar-refractivity contribution in [2.45, 2.75) is 51.4 Å². The van der Waals surface area contributed by atoms with Crippen molar-refractivity contribution in [1.82, 2.24) is 9.88 Å². The highest BCUT2D eigenvalue weighted by Crippen LogP contribution is 2.40. The molecule has 22 heavy (non-hydrogen) atoms. The number of aromatic nitrogens is 1. The number of piperidine rings is 1. The molecule has 3 unspecified atom stereocenters. The first-order valence-corrected chi connectivity index (χ1v) is 7.59. The van der Waals surface area contributed by atoms with Crippen molar-refractivity contribution in [3.05, 3.63) is 24.1 Å². The predicted molar refractivity (Wildman–Crippen MR) is 78.1 cm³/mol. The Hall–Kier alpha value is -1.85. The molecule has 0 radical (unpaired) electrons. The van der Waals surface area contributed by atoms with Gasteiger partial charge in [-0.2, -0.15) is 0 Å². The highest BCUT2D eigenvalue weighted by Gasteiger charge is 2.49. The minimum Gasteiger partial charge on any atom is -0.472 e. The lowest BCUT2D eigenvalue weighted by Crippen LogP contribution is -2.48. The van der Waals surface area contributed by atoms with E-state index in [9.17, 15) is 9.18 Å². The van der Waals surface area contributed by atoms with Gasteiger partial charge < -0.3 is 14.4 Å². The monoisotopic (exact) mass is 308 g/mol. The van der Waals surface area contributed by atoms with Crippen LogP contribution in [0.1, 0.15) is 33.6 Å². The van der Waals surface area contributed by atoms with Crippen LogP contribution in [0, 0.1) is 11.7 Å². The standard InChI is InChI=1S/C16H21FN2O3/c1-16(2,3)22-15(20)19-9-10-6-12(19)13(7-10)21-14-5-4-11(17)8-18-14/h4-5,8,10,12-13H,6-7,9H2,1-3H3. The molecule has 1 saturated carbocycles. The summed E-state index contributed by atoms with van der Waals surface area (Å²) in [5, 5.41) is 0. The van der Waals surface area contributed by atoms with Gasteiger partial charge in [0.2, 0.25) is 5.88 Å². The number of hydrogen-bond donors (Lipinski definition) is 0. The number of halogens is 1. The van der Waals surface area contributed by atoms with Gasteiger partial charge in [-0.3, -0.25) is 0 Å². The molecule has 1 saturated heterocycles. The van der Waals surface area contributed by atoms with E-state index in [1.165, 1.54) is 12.1 Å². The van der Waals surface area contributed by atoms with Crippen LogP contribution in [-0.2, 0) is 4.74 Å². The normalized spacial score (nSPS) is 27.1. The summed E-state index contributed by atoms with van der Waals surface area (Å²) in [6.07, 6.45) is 2.55. The Morgan fingerprint density at radius 1 is 1.36 bits per heavy atom. The molecule has 1 amide bonds. The summed E-state index contributed by atoms with van der Waals surface area (Å²) < 4.78 is 24.2. The zero-order valence-electron chi connectivity index (χ0n) is 13.1. The Morgan fingerprint density at radius 2 is 2.14 bits per heavy atom. The SMILES string of the molecule is CC(C)(C)OC(=O)N1CC2CC(Oc3ccc(F)cn3)C1C2. The van der Waals surface area contributed by atoms with Crippen LogP contribution in [0.3, 0.4) is 0 Å². The van der Waals surface area contributed by atoms with E-state index in [0.717, 1.165) is 25.6 Å². The van der Waals surface area contributed by atoms with E-state index < -0.39 is 11.4 Å². The van der Waals surface area contributed by atoms with E-state index in [1.54, 1.807) is 4.90 Å². The van der Waals surface area contributed by atoms with E-state index >= 15 is 0 Å². The zero-order chi connectivity index (χ0) is 15.9. The topological polar surface area (TPSA) is 51.7 Å². The van der Waals surface area contributed by atoms with Crippen LogP contribution >= 0.6 is 0 Å². The van der Waals surface area contributed by atoms with E-state index in [4.69, 9.17) is 9.47 Å². The second-order valence-electron chi connectivity index (χ2n) is 7.01. The molecule has 2 aliphatic rings. The van der Waals surface area contributed by atoms with Crippen molar-refractivity contribution in [3.8, 4) is 5.88 Å². The van der Waals surface area contributed by atoms with Gasteiger partial charge >= 0.3 is 6.09 Å². The van der Waals surface area contributed by atoms with Gasteiger partial charge in [-0.1, -0.05) is 0 Å². The molecule has 0 aromatic carbocycles. The first-order valence-electron chi connectivity index (χ1n) is 7.59. The summed E-state index contributed by atoms with van der Waals surface area (Å²) in [5.41, 5.74) is -0.506. The number of carbonyl (C=O) groups excluding carboxylic acids is 1. The van der Waals surface area contributed by atoms with Crippen LogP contribution in [0.2, 0.25) is 0 Å². The second kappa shape index (κ2) is 5.41. The van der Waals surface area contributed by atoms with Gasteiger partial charge in [0.05, 0.1) is 12.2 Å². The fraction of sp³-hybridized carbons (Fsp3) is 0.625. The fourth-order valence-electron chi connectivity index (χ4n) is 3.21. The molecule has 1 aromatic rings. The summed E-state index contributed by atoms with van der Waals surface area (Å²) in [7, 11) is 0. The highest BCUT2D eigenvalue weighted by molar-refractivity contribution is 5.69. The lowest BCUT2D eigenvalue weighted by molar-refractivity contribution is 0.00212. The Kier molecular flexibility index (Phi) is 3.70. The molecule has 5 nitrogen and oxygen atoms in total. The first kappa shape index (κ1) is 15.1. The van der Waals surface area contributed by atoms with Gasteiger partial charge in [-0.05, 0) is 45.6 Å². The number of likely N-dealkylation sites (tertiary alicyclic amines) is 1. The third-order valence-corrected chi connectivity index (χ3v) is 4.03. The van der Waals surface area contributed by atoms with Crippen molar-refractivity contribution < 1.29 is 18.7 Å². The number of pyridine rings is 1. The first-order chi connectivity index (χ1) is 10.3. The summed E-state index contributed by atoms with van der Waals surface area (Å²) in [5.74, 6) is 0.432. The largest absolute Gasteiger partial charge is 0.472 e. The lowest BCUT2D eigenvalue weighted by atomic mass is 10.1. The zero-order valence-corrected chi connectivity index (χ0v) is 13.1. The molecule has 6 heteroatoms. The average Bonchev–Trinajstić information content (AvgIpc) is 2.99. The summed E-state index contributed by atoms with van der Waals surface area (Å²) in [6.45, 7) is 6.29. The van der Waals surface area contributed by atoms with Gasteiger partial charge in [0.25, 0.3) is 0 Å². The molecular weight excluding hydrogens is 287 g/mol. The minimum atomic E-state index is -0.506. The van der Waals surface area contributed by atoms with Crippen LogP contribution in [-0.4, -0.2) is 40.3 Å². The Bertz CT molecular complexity index is 556. The van der Waals surface area contributed by atoms with Crippen molar-refractivity contribution in [3.63, 3.8) is 0 Å². The molecule has 1 aliphatic heterocycles. The molecule has 1 aromatic heterocycles. The number of fused-ring (bicyclic) bond motifs is 2. The summed E-state index contributed by atoms with van der Waals surface area (Å²) in [6, 6.07) is 2.84. The fourth-order valence-corrected chi connectivity index (χ4v) is 3.21. The molecule has 3 rings (SSSR count). The third kappa shape index (κ3) is 3.15. The van der Waals surface area contributed by atoms with Gasteiger partial charge in [-0.15, -0.1) is 0 Å². The lowest BCUT2D eigenvalue weighted by Gasteiger charge is -2.34. The summed E-state index contributed by atoms with van der Waals surface area (Å²) >= 11 is 0. The maximum absolute atomic E-state index is 12.9. The molecule has 0 spiro atoms. The molecule has 2 bridgehead atoms. The van der Waals surface area contributed by atoms with Crippen molar-refractivity contribution >= 4 is 6.09 Å². The number of ether oxygens (including phenoxy) is 2. The van der Waals surface area contributed by atoms with E-state index in [-0.39, 0.29) is 18.2 Å². The molecule has 120 valence electrons. The Balaban J connectivity index is 1.66. The van der Waals surface area contributed by atoms with Crippen molar-refractivity contribution in [2.75, 3.05) is 6.54 Å². The number of amides is 1. The minimum absolute atomic E-state index is 0.00621. The van der Waals surface area contributed by atoms with Gasteiger partial charge in [0, 0.05) is 12.6 Å². The number of rotatable bonds is 2. The second-order valence-corrected chi connectivity index (χ2v) is 7.01. The smallest absolute Gasteiger partial charge is 0.410 e. The molecule has 0 N–H and O–H groups in total. The third-order valence-electron chi connectivity index (χ3n) is 4.03. The van der Waals surface area contributed by atoms with Gasteiger partial charge in [0.15, 0.2) is 0 Å².